The lowest BCUT2D eigenvalue weighted by Gasteiger charge is -2.21. The molecule has 0 atom stereocenters. The van der Waals surface area contributed by atoms with E-state index in [4.69, 9.17) is 6.42 Å². The lowest BCUT2D eigenvalue weighted by molar-refractivity contribution is 0.0737. The molecule has 0 amide bonds. The highest BCUT2D eigenvalue weighted by molar-refractivity contribution is 5.41. The Hall–Kier alpha value is -1.60. The van der Waals surface area contributed by atoms with Crippen LogP contribution < -0.4 is 4.90 Å². The van der Waals surface area contributed by atoms with Crippen molar-refractivity contribution in [3.05, 3.63) is 18.6 Å². The van der Waals surface area contributed by atoms with Crippen LogP contribution in [0, 0.1) is 12.5 Å². The molecule has 0 fully saturated rings. The molecule has 1 rings (SSSR count). The van der Waals surface area contributed by atoms with Crippen molar-refractivity contribution in [2.45, 2.75) is 25.9 Å². The van der Waals surface area contributed by atoms with Crippen LogP contribution in [0.3, 0.4) is 0 Å². The summed E-state index contributed by atoms with van der Waals surface area (Å²) in [7, 11) is 0. The van der Waals surface area contributed by atoms with Gasteiger partial charge >= 0.3 is 0 Å². The molecule has 0 aliphatic rings. The van der Waals surface area contributed by atoms with Gasteiger partial charge in [0.2, 0.25) is 0 Å². The molecular formula is C11H15N3O. The number of aromatic nitrogens is 2. The molecule has 0 bridgehead atoms. The number of aliphatic hydroxyl groups is 1. The maximum absolute atomic E-state index is 9.58. The zero-order valence-corrected chi connectivity index (χ0v) is 9.01. The van der Waals surface area contributed by atoms with Crippen molar-refractivity contribution >= 4 is 5.82 Å². The Morgan fingerprint density at radius 1 is 1.53 bits per heavy atom. The Morgan fingerprint density at radius 3 is 2.73 bits per heavy atom. The van der Waals surface area contributed by atoms with E-state index in [-0.39, 0.29) is 0 Å². The van der Waals surface area contributed by atoms with E-state index in [1.807, 2.05) is 0 Å². The second kappa shape index (κ2) is 4.76. The van der Waals surface area contributed by atoms with Crippen molar-refractivity contribution in [1.29, 1.82) is 0 Å². The van der Waals surface area contributed by atoms with Crippen molar-refractivity contribution < 1.29 is 5.11 Å². The third-order valence-corrected chi connectivity index (χ3v) is 1.93. The molecule has 1 N–H and O–H groups in total. The topological polar surface area (TPSA) is 49.2 Å². The van der Waals surface area contributed by atoms with Crippen molar-refractivity contribution in [1.82, 2.24) is 9.97 Å². The maximum atomic E-state index is 9.58. The van der Waals surface area contributed by atoms with Gasteiger partial charge in [0, 0.05) is 25.0 Å². The highest BCUT2D eigenvalue weighted by atomic mass is 16.3. The molecule has 80 valence electrons. The molecule has 4 heteroatoms. The zero-order valence-electron chi connectivity index (χ0n) is 9.01. The summed E-state index contributed by atoms with van der Waals surface area (Å²) >= 11 is 0. The van der Waals surface area contributed by atoms with E-state index < -0.39 is 5.60 Å². The van der Waals surface area contributed by atoms with Gasteiger partial charge in [0.25, 0.3) is 0 Å². The second-order valence-corrected chi connectivity index (χ2v) is 3.91. The molecule has 1 heterocycles. The third-order valence-electron chi connectivity index (χ3n) is 1.93. The fourth-order valence-electron chi connectivity index (χ4n) is 1.06. The summed E-state index contributed by atoms with van der Waals surface area (Å²) in [4.78, 5) is 9.66. The number of nitrogens with zero attached hydrogens (tertiary/aromatic N) is 3. The first-order chi connectivity index (χ1) is 7.03. The Morgan fingerprint density at radius 2 is 2.27 bits per heavy atom. The summed E-state index contributed by atoms with van der Waals surface area (Å²) in [6.07, 6.45) is 10.7. The van der Waals surface area contributed by atoms with Crippen LogP contribution in [-0.2, 0) is 0 Å². The Labute approximate surface area is 90.0 Å². The minimum Gasteiger partial charge on any atom is -0.390 e. The molecule has 0 saturated carbocycles. The monoisotopic (exact) mass is 205 g/mol. The van der Waals surface area contributed by atoms with E-state index in [0.717, 1.165) is 0 Å². The summed E-state index contributed by atoms with van der Waals surface area (Å²) < 4.78 is 0. The normalized spacial score (nSPS) is 10.8. The molecule has 0 radical (unpaired) electrons. The zero-order chi connectivity index (χ0) is 11.3. The Kier molecular flexibility index (Phi) is 3.64. The maximum Gasteiger partial charge on any atom is 0.158 e. The van der Waals surface area contributed by atoms with Crippen LogP contribution in [0.15, 0.2) is 18.6 Å². The fraction of sp³-hybridized carbons (Fsp3) is 0.455. The molecule has 1 aromatic heterocycles. The molecule has 0 unspecified atom stereocenters. The molecular weight excluding hydrogens is 190 g/mol. The van der Waals surface area contributed by atoms with Crippen LogP contribution in [0.5, 0.6) is 0 Å². The van der Waals surface area contributed by atoms with E-state index >= 15 is 0 Å². The van der Waals surface area contributed by atoms with Gasteiger partial charge in [-0.2, -0.15) is 0 Å². The number of hydrogen-bond donors (Lipinski definition) is 1. The van der Waals surface area contributed by atoms with Gasteiger partial charge in [0.1, 0.15) is 0 Å². The second-order valence-electron chi connectivity index (χ2n) is 3.91. The number of anilines is 1. The van der Waals surface area contributed by atoms with Gasteiger partial charge in [-0.1, -0.05) is 6.42 Å². The first-order valence-corrected chi connectivity index (χ1v) is 4.75. The lowest BCUT2D eigenvalue weighted by atomic mass is 10.1. The SMILES string of the molecule is C#CN(CCC(C)(C)O)c1cnccn1. The van der Waals surface area contributed by atoms with Gasteiger partial charge in [-0.05, 0) is 20.3 Å². The highest BCUT2D eigenvalue weighted by Gasteiger charge is 2.15. The summed E-state index contributed by atoms with van der Waals surface area (Å²) in [6, 6.07) is 2.51. The minimum absolute atomic E-state index is 0.554. The van der Waals surface area contributed by atoms with Gasteiger partial charge in [-0.3, -0.25) is 9.88 Å². The molecule has 0 aliphatic heterocycles. The van der Waals surface area contributed by atoms with Gasteiger partial charge < -0.3 is 5.11 Å². The predicted octanol–water partition coefficient (Wildman–Crippen LogP) is 1.03. The van der Waals surface area contributed by atoms with E-state index in [0.29, 0.717) is 18.8 Å². The first kappa shape index (κ1) is 11.5. The smallest absolute Gasteiger partial charge is 0.158 e. The van der Waals surface area contributed by atoms with E-state index in [2.05, 4.69) is 16.0 Å². The average Bonchev–Trinajstić information content (AvgIpc) is 2.19. The quantitative estimate of drug-likeness (QED) is 0.589. The highest BCUT2D eigenvalue weighted by Crippen LogP contribution is 2.12. The molecule has 0 aromatic carbocycles. The summed E-state index contributed by atoms with van der Waals surface area (Å²) in [5.41, 5.74) is -0.725. The predicted molar refractivity (Wildman–Crippen MR) is 59.1 cm³/mol. The summed E-state index contributed by atoms with van der Waals surface area (Å²) in [6.45, 7) is 4.05. The van der Waals surface area contributed by atoms with Gasteiger partial charge in [-0.25, -0.2) is 4.98 Å². The van der Waals surface area contributed by atoms with Gasteiger partial charge in [-0.15, -0.1) is 0 Å². The largest absolute Gasteiger partial charge is 0.390 e. The number of rotatable bonds is 4. The number of hydrogen-bond acceptors (Lipinski definition) is 4. The van der Waals surface area contributed by atoms with Crippen LogP contribution in [-0.4, -0.2) is 27.2 Å². The van der Waals surface area contributed by atoms with Crippen molar-refractivity contribution in [3.8, 4) is 12.5 Å². The molecule has 0 spiro atoms. The Balaban J connectivity index is 2.63. The van der Waals surface area contributed by atoms with Crippen molar-refractivity contribution in [3.63, 3.8) is 0 Å². The summed E-state index contributed by atoms with van der Waals surface area (Å²) in [5, 5.41) is 9.58. The molecule has 15 heavy (non-hydrogen) atoms. The average molecular weight is 205 g/mol. The summed E-state index contributed by atoms with van der Waals surface area (Å²) in [5.74, 6) is 0.629. The first-order valence-electron chi connectivity index (χ1n) is 4.75. The standard InChI is InChI=1S/C11H15N3O/c1-4-14(8-5-11(2,3)15)10-9-12-6-7-13-10/h1,6-7,9,15H,5,8H2,2-3H3. The molecule has 0 aliphatic carbocycles. The molecule has 0 saturated heterocycles. The van der Waals surface area contributed by atoms with Crippen molar-refractivity contribution in [2.24, 2.45) is 0 Å². The molecule has 1 aromatic rings. The van der Waals surface area contributed by atoms with E-state index in [9.17, 15) is 5.11 Å². The number of terminal acetylenes is 1. The Bertz CT molecular complexity index is 337. The molecule has 4 nitrogen and oxygen atoms in total. The fourth-order valence-corrected chi connectivity index (χ4v) is 1.06. The van der Waals surface area contributed by atoms with Crippen LogP contribution in [0.4, 0.5) is 5.82 Å². The van der Waals surface area contributed by atoms with E-state index in [1.54, 1.807) is 37.3 Å². The van der Waals surface area contributed by atoms with Crippen LogP contribution in [0.25, 0.3) is 0 Å². The van der Waals surface area contributed by atoms with E-state index in [1.165, 1.54) is 0 Å². The lowest BCUT2D eigenvalue weighted by Crippen LogP contribution is -2.28. The van der Waals surface area contributed by atoms with Crippen molar-refractivity contribution in [2.75, 3.05) is 11.4 Å². The van der Waals surface area contributed by atoms with Crippen LogP contribution >= 0.6 is 0 Å². The van der Waals surface area contributed by atoms with Crippen LogP contribution in [0.2, 0.25) is 0 Å². The van der Waals surface area contributed by atoms with Gasteiger partial charge in [0.15, 0.2) is 5.82 Å². The van der Waals surface area contributed by atoms with Crippen LogP contribution in [0.1, 0.15) is 20.3 Å². The minimum atomic E-state index is -0.725. The van der Waals surface area contributed by atoms with Gasteiger partial charge in [0.05, 0.1) is 11.8 Å². The third kappa shape index (κ3) is 3.96.